The van der Waals surface area contributed by atoms with Crippen LogP contribution in [0.5, 0.6) is 5.75 Å². The van der Waals surface area contributed by atoms with E-state index in [9.17, 15) is 8.42 Å². The van der Waals surface area contributed by atoms with Crippen molar-refractivity contribution >= 4 is 10.0 Å². The summed E-state index contributed by atoms with van der Waals surface area (Å²) >= 11 is 0. The van der Waals surface area contributed by atoms with Crippen LogP contribution < -0.4 is 14.8 Å². The van der Waals surface area contributed by atoms with E-state index in [0.29, 0.717) is 12.5 Å². The average Bonchev–Trinajstić information content (AvgIpc) is 2.66. The van der Waals surface area contributed by atoms with Gasteiger partial charge in [-0.1, -0.05) is 18.2 Å². The van der Waals surface area contributed by atoms with Crippen LogP contribution in [0.3, 0.4) is 0 Å². The molecule has 6 nitrogen and oxygen atoms in total. The molecule has 1 aliphatic carbocycles. The van der Waals surface area contributed by atoms with Gasteiger partial charge < -0.3 is 14.8 Å². The van der Waals surface area contributed by atoms with Gasteiger partial charge in [0.2, 0.25) is 10.0 Å². The molecule has 1 aromatic carbocycles. The third-order valence-corrected chi connectivity index (χ3v) is 6.44. The highest BCUT2D eigenvalue weighted by atomic mass is 32.2. The molecule has 7 heteroatoms. The zero-order valence-electron chi connectivity index (χ0n) is 16.3. The van der Waals surface area contributed by atoms with Gasteiger partial charge in [-0.15, -0.1) is 0 Å². The van der Waals surface area contributed by atoms with Crippen LogP contribution in [0.2, 0.25) is 0 Å². The quantitative estimate of drug-likeness (QED) is 0.740. The molecular weight excluding hydrogens is 364 g/mol. The van der Waals surface area contributed by atoms with Crippen molar-refractivity contribution in [3.8, 4) is 5.75 Å². The minimum absolute atomic E-state index is 0.0421. The summed E-state index contributed by atoms with van der Waals surface area (Å²) in [5.74, 6) is 1.50. The van der Waals surface area contributed by atoms with E-state index in [1.807, 2.05) is 12.1 Å². The Morgan fingerprint density at radius 3 is 2.59 bits per heavy atom. The third kappa shape index (κ3) is 5.91. The molecule has 1 saturated heterocycles. The van der Waals surface area contributed by atoms with Crippen LogP contribution in [0.1, 0.15) is 50.0 Å². The lowest BCUT2D eigenvalue weighted by molar-refractivity contribution is 0.00513. The van der Waals surface area contributed by atoms with Gasteiger partial charge in [-0.3, -0.25) is 0 Å². The maximum atomic E-state index is 11.6. The molecule has 2 atom stereocenters. The first kappa shape index (κ1) is 20.6. The predicted molar refractivity (Wildman–Crippen MR) is 107 cm³/mol. The van der Waals surface area contributed by atoms with E-state index >= 15 is 0 Å². The molecule has 2 fully saturated rings. The van der Waals surface area contributed by atoms with E-state index in [1.165, 1.54) is 11.8 Å². The molecule has 27 heavy (non-hydrogen) atoms. The van der Waals surface area contributed by atoms with Gasteiger partial charge in [0, 0.05) is 12.1 Å². The zero-order chi connectivity index (χ0) is 19.3. The molecule has 0 amide bonds. The van der Waals surface area contributed by atoms with Gasteiger partial charge in [-0.2, -0.15) is 0 Å². The lowest BCUT2D eigenvalue weighted by Crippen LogP contribution is -2.55. The van der Waals surface area contributed by atoms with Crippen LogP contribution >= 0.6 is 0 Å². The van der Waals surface area contributed by atoms with Gasteiger partial charge in [0.25, 0.3) is 0 Å². The Morgan fingerprint density at radius 1 is 1.15 bits per heavy atom. The minimum Gasteiger partial charge on any atom is -0.496 e. The number of para-hydroxylation sites is 1. The van der Waals surface area contributed by atoms with Crippen LogP contribution in [0.25, 0.3) is 0 Å². The van der Waals surface area contributed by atoms with Crippen molar-refractivity contribution in [2.75, 3.05) is 26.5 Å². The van der Waals surface area contributed by atoms with Crippen LogP contribution in [-0.2, 0) is 14.8 Å². The van der Waals surface area contributed by atoms with Crippen LogP contribution in [0.15, 0.2) is 24.3 Å². The lowest BCUT2D eigenvalue weighted by Gasteiger charge is -2.35. The second-order valence-electron chi connectivity index (χ2n) is 7.75. The number of sulfonamides is 1. The summed E-state index contributed by atoms with van der Waals surface area (Å²) in [6, 6.07) is 8.23. The summed E-state index contributed by atoms with van der Waals surface area (Å²) in [7, 11) is -1.47. The van der Waals surface area contributed by atoms with Crippen molar-refractivity contribution in [2.24, 2.45) is 0 Å². The summed E-state index contributed by atoms with van der Waals surface area (Å²) in [6.45, 7) is 1.47. The largest absolute Gasteiger partial charge is 0.496 e. The molecule has 3 rings (SSSR count). The monoisotopic (exact) mass is 396 g/mol. The fraction of sp³-hybridized carbons (Fsp3) is 0.700. The number of nitrogens with one attached hydrogen (secondary N) is 2. The molecule has 1 saturated carbocycles. The Bertz CT molecular complexity index is 702. The van der Waals surface area contributed by atoms with E-state index < -0.39 is 10.0 Å². The van der Waals surface area contributed by atoms with Gasteiger partial charge in [0.05, 0.1) is 26.1 Å². The predicted octanol–water partition coefficient (Wildman–Crippen LogP) is 2.41. The topological polar surface area (TPSA) is 76.7 Å². The Labute approximate surface area is 163 Å². The van der Waals surface area contributed by atoms with E-state index in [0.717, 1.165) is 50.8 Å². The van der Waals surface area contributed by atoms with Gasteiger partial charge in [0.1, 0.15) is 5.75 Å². The van der Waals surface area contributed by atoms with Crippen LogP contribution in [0, 0.1) is 0 Å². The van der Waals surface area contributed by atoms with Crippen LogP contribution in [0.4, 0.5) is 0 Å². The molecule has 1 aliphatic heterocycles. The average molecular weight is 397 g/mol. The minimum atomic E-state index is -3.20. The molecule has 1 aromatic rings. The molecule has 2 aliphatic rings. The van der Waals surface area contributed by atoms with Gasteiger partial charge in [-0.25, -0.2) is 13.1 Å². The fourth-order valence-electron chi connectivity index (χ4n) is 4.33. The summed E-state index contributed by atoms with van der Waals surface area (Å²) in [5.41, 5.74) is 1.30. The highest BCUT2D eigenvalue weighted by molar-refractivity contribution is 7.88. The Balaban J connectivity index is 1.49. The second kappa shape index (κ2) is 9.37. The molecule has 0 unspecified atom stereocenters. The van der Waals surface area contributed by atoms with Crippen LogP contribution in [-0.4, -0.2) is 53.1 Å². The SMILES string of the molecule is COc1ccccc1[C@H]1CC[C@@H](OC[C@@H]2NCCC[C@@H]2NS(C)(=O)=O)CC1. The number of rotatable bonds is 7. The first-order chi connectivity index (χ1) is 13.0. The van der Waals surface area contributed by atoms with Crippen molar-refractivity contribution in [2.45, 2.75) is 62.6 Å². The normalized spacial score (nSPS) is 29.4. The molecular formula is C20H32N2O4S. The van der Waals surface area contributed by atoms with E-state index in [2.05, 4.69) is 22.2 Å². The third-order valence-electron chi connectivity index (χ3n) is 5.71. The molecule has 1 heterocycles. The van der Waals surface area contributed by atoms with Gasteiger partial charge >= 0.3 is 0 Å². The number of piperidine rings is 1. The van der Waals surface area contributed by atoms with Crippen molar-refractivity contribution < 1.29 is 17.9 Å². The number of ether oxygens (including phenoxy) is 2. The Kier molecular flexibility index (Phi) is 7.14. The number of hydrogen-bond donors (Lipinski definition) is 2. The number of hydrogen-bond acceptors (Lipinski definition) is 5. The first-order valence-electron chi connectivity index (χ1n) is 9.91. The van der Waals surface area contributed by atoms with Crippen molar-refractivity contribution in [3.05, 3.63) is 29.8 Å². The van der Waals surface area contributed by atoms with Gasteiger partial charge in [0.15, 0.2) is 0 Å². The first-order valence-corrected chi connectivity index (χ1v) is 11.8. The van der Waals surface area contributed by atoms with E-state index in [4.69, 9.17) is 9.47 Å². The summed E-state index contributed by atoms with van der Waals surface area (Å²) in [5, 5.41) is 3.41. The van der Waals surface area contributed by atoms with Crippen molar-refractivity contribution in [1.82, 2.24) is 10.0 Å². The molecule has 0 bridgehead atoms. The fourth-order valence-corrected chi connectivity index (χ4v) is 5.16. The number of benzene rings is 1. The molecule has 152 valence electrons. The van der Waals surface area contributed by atoms with E-state index in [-0.39, 0.29) is 18.2 Å². The maximum absolute atomic E-state index is 11.6. The lowest BCUT2D eigenvalue weighted by atomic mass is 9.82. The van der Waals surface area contributed by atoms with E-state index in [1.54, 1.807) is 7.11 Å². The molecule has 0 radical (unpaired) electrons. The summed E-state index contributed by atoms with van der Waals surface area (Å²) in [4.78, 5) is 0. The molecule has 0 aromatic heterocycles. The summed E-state index contributed by atoms with van der Waals surface area (Å²) < 4.78 is 37.6. The Hall–Kier alpha value is -1.15. The summed E-state index contributed by atoms with van der Waals surface area (Å²) in [6.07, 6.45) is 7.54. The Morgan fingerprint density at radius 2 is 1.89 bits per heavy atom. The molecule has 0 spiro atoms. The second-order valence-corrected chi connectivity index (χ2v) is 9.53. The highest BCUT2D eigenvalue weighted by Crippen LogP contribution is 2.38. The number of methoxy groups -OCH3 is 1. The van der Waals surface area contributed by atoms with Crippen molar-refractivity contribution in [3.63, 3.8) is 0 Å². The molecule has 2 N–H and O–H groups in total. The maximum Gasteiger partial charge on any atom is 0.209 e. The smallest absolute Gasteiger partial charge is 0.209 e. The van der Waals surface area contributed by atoms with Crippen molar-refractivity contribution in [1.29, 1.82) is 0 Å². The van der Waals surface area contributed by atoms with Gasteiger partial charge in [-0.05, 0) is 62.6 Å². The zero-order valence-corrected chi connectivity index (χ0v) is 17.1. The standard InChI is InChI=1S/C20H32N2O4S/c1-25-20-8-4-3-6-17(20)15-9-11-16(12-10-15)26-14-19-18(7-5-13-21-19)22-27(2,23)24/h3-4,6,8,15-16,18-19,21-22H,5,7,9-14H2,1-2H3/t15-,16+,18-,19-/m0/s1. The highest BCUT2D eigenvalue weighted by Gasteiger charge is 2.30.